The lowest BCUT2D eigenvalue weighted by atomic mass is 9.84. The molecule has 0 saturated heterocycles. The van der Waals surface area contributed by atoms with Gasteiger partial charge in [0.15, 0.2) is 0 Å². The molecule has 0 aromatic rings. The van der Waals surface area contributed by atoms with E-state index in [4.69, 9.17) is 0 Å². The minimum Gasteiger partial charge on any atom is -0.391 e. The molecule has 0 radical (unpaired) electrons. The average molecular weight is 213 g/mol. The standard InChI is InChI=1S/C13H27NO/c1-4-7-13(15)12(5-2)14(3)10-11-8-6-9-11/h11-13,15H,4-10H2,1-3H3. The van der Waals surface area contributed by atoms with Gasteiger partial charge in [0.1, 0.15) is 0 Å². The third-order valence-corrected chi connectivity index (χ3v) is 3.78. The maximum Gasteiger partial charge on any atom is 0.0695 e. The van der Waals surface area contributed by atoms with Crippen molar-refractivity contribution in [3.8, 4) is 0 Å². The molecule has 2 heteroatoms. The van der Waals surface area contributed by atoms with E-state index in [0.29, 0.717) is 6.04 Å². The van der Waals surface area contributed by atoms with Crippen LogP contribution in [-0.2, 0) is 0 Å². The van der Waals surface area contributed by atoms with Crippen LogP contribution in [0, 0.1) is 5.92 Å². The predicted molar refractivity (Wildman–Crippen MR) is 65.0 cm³/mol. The first-order chi connectivity index (χ1) is 7.19. The van der Waals surface area contributed by atoms with Crippen molar-refractivity contribution in [3.63, 3.8) is 0 Å². The molecular weight excluding hydrogens is 186 g/mol. The molecule has 0 heterocycles. The molecule has 1 aliphatic carbocycles. The maximum absolute atomic E-state index is 10.0. The summed E-state index contributed by atoms with van der Waals surface area (Å²) in [5, 5.41) is 10.0. The van der Waals surface area contributed by atoms with Gasteiger partial charge in [0, 0.05) is 12.6 Å². The number of nitrogens with zero attached hydrogens (tertiary/aromatic N) is 1. The summed E-state index contributed by atoms with van der Waals surface area (Å²) in [5.41, 5.74) is 0. The third-order valence-electron chi connectivity index (χ3n) is 3.78. The van der Waals surface area contributed by atoms with Crippen LogP contribution in [0.15, 0.2) is 0 Å². The van der Waals surface area contributed by atoms with Crippen molar-refractivity contribution >= 4 is 0 Å². The molecule has 1 N–H and O–H groups in total. The Morgan fingerprint density at radius 3 is 2.40 bits per heavy atom. The van der Waals surface area contributed by atoms with Crippen LogP contribution in [-0.4, -0.2) is 35.7 Å². The molecule has 1 saturated carbocycles. The van der Waals surface area contributed by atoms with Crippen molar-refractivity contribution in [2.24, 2.45) is 5.92 Å². The molecule has 0 aromatic heterocycles. The fraction of sp³-hybridized carbons (Fsp3) is 1.00. The number of hydrogen-bond acceptors (Lipinski definition) is 2. The molecule has 0 aromatic carbocycles. The molecule has 0 amide bonds. The summed E-state index contributed by atoms with van der Waals surface area (Å²) in [4.78, 5) is 2.38. The van der Waals surface area contributed by atoms with E-state index in [1.807, 2.05) is 0 Å². The normalized spacial score (nSPS) is 21.4. The minimum atomic E-state index is -0.134. The Hall–Kier alpha value is -0.0800. The number of hydrogen-bond donors (Lipinski definition) is 1. The largest absolute Gasteiger partial charge is 0.391 e. The second-order valence-corrected chi connectivity index (χ2v) is 5.07. The van der Waals surface area contributed by atoms with Gasteiger partial charge in [-0.2, -0.15) is 0 Å². The fourth-order valence-electron chi connectivity index (χ4n) is 2.58. The molecule has 2 nitrogen and oxygen atoms in total. The van der Waals surface area contributed by atoms with E-state index in [0.717, 1.165) is 25.2 Å². The SMILES string of the molecule is CCCC(O)C(CC)N(C)CC1CCC1. The fourth-order valence-corrected chi connectivity index (χ4v) is 2.58. The molecule has 1 aliphatic rings. The van der Waals surface area contributed by atoms with Gasteiger partial charge in [-0.25, -0.2) is 0 Å². The topological polar surface area (TPSA) is 23.5 Å². The maximum atomic E-state index is 10.0. The van der Waals surface area contributed by atoms with Gasteiger partial charge < -0.3 is 10.0 Å². The summed E-state index contributed by atoms with van der Waals surface area (Å²) in [5.74, 6) is 0.901. The van der Waals surface area contributed by atoms with Crippen molar-refractivity contribution < 1.29 is 5.11 Å². The first-order valence-corrected chi connectivity index (χ1v) is 6.57. The molecule has 0 bridgehead atoms. The molecule has 90 valence electrons. The summed E-state index contributed by atoms with van der Waals surface area (Å²) >= 11 is 0. The molecule has 15 heavy (non-hydrogen) atoms. The Morgan fingerprint density at radius 2 is 2.00 bits per heavy atom. The number of likely N-dealkylation sites (N-methyl/N-ethyl adjacent to an activating group) is 1. The molecular formula is C13H27NO. The minimum absolute atomic E-state index is 0.134. The van der Waals surface area contributed by atoms with E-state index in [-0.39, 0.29) is 6.10 Å². The van der Waals surface area contributed by atoms with Crippen molar-refractivity contribution in [3.05, 3.63) is 0 Å². The Bertz CT molecular complexity index is 168. The summed E-state index contributed by atoms with van der Waals surface area (Å²) in [6.07, 6.45) is 7.14. The van der Waals surface area contributed by atoms with Crippen LogP contribution in [0.25, 0.3) is 0 Å². The van der Waals surface area contributed by atoms with Crippen LogP contribution in [0.3, 0.4) is 0 Å². The number of aliphatic hydroxyl groups excluding tert-OH is 1. The van der Waals surface area contributed by atoms with Crippen LogP contribution < -0.4 is 0 Å². The van der Waals surface area contributed by atoms with Gasteiger partial charge in [0.25, 0.3) is 0 Å². The van der Waals surface area contributed by atoms with Crippen LogP contribution in [0.1, 0.15) is 52.4 Å². The van der Waals surface area contributed by atoms with Crippen molar-refractivity contribution in [2.45, 2.75) is 64.5 Å². The molecule has 0 spiro atoms. The number of aliphatic hydroxyl groups is 1. The van der Waals surface area contributed by atoms with E-state index in [2.05, 4.69) is 25.8 Å². The highest BCUT2D eigenvalue weighted by Crippen LogP contribution is 2.28. The van der Waals surface area contributed by atoms with Crippen LogP contribution in [0.4, 0.5) is 0 Å². The van der Waals surface area contributed by atoms with Gasteiger partial charge in [-0.1, -0.05) is 26.7 Å². The van der Waals surface area contributed by atoms with E-state index < -0.39 is 0 Å². The predicted octanol–water partition coefficient (Wildman–Crippen LogP) is 2.66. The van der Waals surface area contributed by atoms with E-state index in [9.17, 15) is 5.11 Å². The highest BCUT2D eigenvalue weighted by atomic mass is 16.3. The van der Waals surface area contributed by atoms with E-state index in [1.54, 1.807) is 0 Å². The van der Waals surface area contributed by atoms with Gasteiger partial charge in [0.05, 0.1) is 6.10 Å². The first kappa shape index (κ1) is 13.0. The lowest BCUT2D eigenvalue weighted by Crippen LogP contribution is -2.44. The zero-order chi connectivity index (χ0) is 11.3. The molecule has 0 aliphatic heterocycles. The highest BCUT2D eigenvalue weighted by Gasteiger charge is 2.25. The summed E-state index contributed by atoms with van der Waals surface area (Å²) in [7, 11) is 2.17. The van der Waals surface area contributed by atoms with Crippen LogP contribution in [0.5, 0.6) is 0 Å². The summed E-state index contributed by atoms with van der Waals surface area (Å²) < 4.78 is 0. The number of rotatable bonds is 7. The third kappa shape index (κ3) is 3.76. The Morgan fingerprint density at radius 1 is 1.33 bits per heavy atom. The van der Waals surface area contributed by atoms with E-state index >= 15 is 0 Å². The van der Waals surface area contributed by atoms with Gasteiger partial charge in [0.2, 0.25) is 0 Å². The Balaban J connectivity index is 2.33. The summed E-state index contributed by atoms with van der Waals surface area (Å²) in [6, 6.07) is 0.366. The zero-order valence-electron chi connectivity index (χ0n) is 10.6. The zero-order valence-corrected chi connectivity index (χ0v) is 10.6. The van der Waals surface area contributed by atoms with Gasteiger partial charge in [-0.15, -0.1) is 0 Å². The molecule has 2 atom stereocenters. The summed E-state index contributed by atoms with van der Waals surface area (Å²) in [6.45, 7) is 5.50. The second-order valence-electron chi connectivity index (χ2n) is 5.07. The van der Waals surface area contributed by atoms with Crippen molar-refractivity contribution in [1.82, 2.24) is 4.90 Å². The van der Waals surface area contributed by atoms with Crippen molar-refractivity contribution in [2.75, 3.05) is 13.6 Å². The second kappa shape index (κ2) is 6.49. The average Bonchev–Trinajstić information content (AvgIpc) is 2.13. The molecule has 2 unspecified atom stereocenters. The molecule has 1 rings (SSSR count). The van der Waals surface area contributed by atoms with Crippen LogP contribution in [0.2, 0.25) is 0 Å². The van der Waals surface area contributed by atoms with Gasteiger partial charge >= 0.3 is 0 Å². The first-order valence-electron chi connectivity index (χ1n) is 6.57. The van der Waals surface area contributed by atoms with Crippen molar-refractivity contribution in [1.29, 1.82) is 0 Å². The lowest BCUT2D eigenvalue weighted by molar-refractivity contribution is 0.0394. The van der Waals surface area contributed by atoms with Crippen LogP contribution >= 0.6 is 0 Å². The Labute approximate surface area is 94.7 Å². The Kier molecular flexibility index (Phi) is 5.62. The van der Waals surface area contributed by atoms with Gasteiger partial charge in [-0.3, -0.25) is 0 Å². The monoisotopic (exact) mass is 213 g/mol. The molecule has 1 fully saturated rings. The lowest BCUT2D eigenvalue weighted by Gasteiger charge is -2.36. The smallest absolute Gasteiger partial charge is 0.0695 e. The highest BCUT2D eigenvalue weighted by molar-refractivity contribution is 4.80. The quantitative estimate of drug-likeness (QED) is 0.703. The van der Waals surface area contributed by atoms with Gasteiger partial charge in [-0.05, 0) is 38.6 Å². The van der Waals surface area contributed by atoms with E-state index in [1.165, 1.54) is 25.8 Å².